The van der Waals surface area contributed by atoms with Gasteiger partial charge in [0.1, 0.15) is 0 Å². The van der Waals surface area contributed by atoms with Crippen LogP contribution in [0.2, 0.25) is 0 Å². The van der Waals surface area contributed by atoms with Gasteiger partial charge in [0, 0.05) is 24.4 Å². The van der Waals surface area contributed by atoms with Crippen molar-refractivity contribution in [3.05, 3.63) is 28.7 Å². The van der Waals surface area contributed by atoms with Crippen LogP contribution in [-0.4, -0.2) is 29.0 Å². The first kappa shape index (κ1) is 10.2. The lowest BCUT2D eigenvalue weighted by atomic mass is 10.2. The van der Waals surface area contributed by atoms with Gasteiger partial charge in [-0.1, -0.05) is 6.08 Å². The zero-order valence-corrected chi connectivity index (χ0v) is 9.14. The molecule has 0 aromatic carbocycles. The zero-order valence-electron chi connectivity index (χ0n) is 8.32. The van der Waals surface area contributed by atoms with Crippen molar-refractivity contribution in [2.75, 3.05) is 13.1 Å². The molecule has 2 heterocycles. The van der Waals surface area contributed by atoms with Crippen molar-refractivity contribution < 1.29 is 4.79 Å². The number of rotatable bonds is 2. The van der Waals surface area contributed by atoms with Crippen LogP contribution in [0, 0.1) is 5.51 Å². The number of hydrogen-bond donors (Lipinski definition) is 1. The Balaban J connectivity index is 1.97. The lowest BCUT2D eigenvalue weighted by molar-refractivity contribution is 0.194. The van der Waals surface area contributed by atoms with Crippen molar-refractivity contribution in [1.29, 1.82) is 0 Å². The summed E-state index contributed by atoms with van der Waals surface area (Å²) < 4.78 is 0. The molecule has 0 saturated carbocycles. The highest BCUT2D eigenvalue weighted by atomic mass is 32.1. The smallest absolute Gasteiger partial charge is 0.317 e. The lowest BCUT2D eigenvalue weighted by Crippen LogP contribution is -2.42. The second kappa shape index (κ2) is 4.44. The number of amides is 2. The number of fused-ring (bicyclic) bond motifs is 1. The van der Waals surface area contributed by atoms with Crippen molar-refractivity contribution in [2.45, 2.75) is 13.0 Å². The van der Waals surface area contributed by atoms with Crippen molar-refractivity contribution in [3.63, 3.8) is 0 Å². The Bertz CT molecular complexity index is 374. The summed E-state index contributed by atoms with van der Waals surface area (Å²) >= 11 is 1.49. The van der Waals surface area contributed by atoms with Crippen molar-refractivity contribution in [2.24, 2.45) is 0 Å². The van der Waals surface area contributed by atoms with Crippen LogP contribution >= 0.6 is 11.3 Å². The Morgan fingerprint density at radius 3 is 3.47 bits per heavy atom. The van der Waals surface area contributed by atoms with Gasteiger partial charge < -0.3 is 10.2 Å². The van der Waals surface area contributed by atoms with Crippen LogP contribution in [0.3, 0.4) is 0 Å². The van der Waals surface area contributed by atoms with Crippen molar-refractivity contribution >= 4 is 17.4 Å². The Labute approximate surface area is 92.6 Å². The molecule has 0 bridgehead atoms. The van der Waals surface area contributed by atoms with Gasteiger partial charge in [-0.15, -0.1) is 17.9 Å². The number of hydrogen-bond acceptors (Lipinski definition) is 3. The summed E-state index contributed by atoms with van der Waals surface area (Å²) in [5.41, 5.74) is 3.95. The molecule has 0 aliphatic carbocycles. The molecule has 0 saturated heterocycles. The molecule has 5 heteroatoms. The third kappa shape index (κ3) is 2.18. The number of aromatic nitrogens is 1. The van der Waals surface area contributed by atoms with E-state index in [1.807, 2.05) is 0 Å². The molecule has 2 amide bonds. The molecular weight excluding hydrogens is 210 g/mol. The first-order valence-electron chi connectivity index (χ1n) is 4.79. The van der Waals surface area contributed by atoms with Crippen LogP contribution in [-0.2, 0) is 13.0 Å². The van der Waals surface area contributed by atoms with Crippen LogP contribution in [0.15, 0.2) is 12.7 Å². The van der Waals surface area contributed by atoms with Gasteiger partial charge in [-0.05, 0) is 0 Å². The lowest BCUT2D eigenvalue weighted by Gasteiger charge is -2.26. The Hall–Kier alpha value is -1.36. The van der Waals surface area contributed by atoms with Crippen LogP contribution in [0.5, 0.6) is 0 Å². The molecule has 0 atom stereocenters. The predicted octanol–water partition coefficient (Wildman–Crippen LogP) is 1.20. The quantitative estimate of drug-likeness (QED) is 0.764. The van der Waals surface area contributed by atoms with Gasteiger partial charge in [-0.25, -0.2) is 9.78 Å². The average molecular weight is 222 g/mol. The van der Waals surface area contributed by atoms with E-state index >= 15 is 0 Å². The molecule has 0 unspecified atom stereocenters. The summed E-state index contributed by atoms with van der Waals surface area (Å²) in [7, 11) is 0. The fraction of sp³-hybridized carbons (Fsp3) is 0.400. The Kier molecular flexibility index (Phi) is 3.01. The molecule has 79 valence electrons. The molecule has 0 fully saturated rings. The van der Waals surface area contributed by atoms with Crippen LogP contribution in [0.1, 0.15) is 10.6 Å². The fourth-order valence-corrected chi connectivity index (χ4v) is 2.26. The molecule has 1 radical (unpaired) electrons. The maximum Gasteiger partial charge on any atom is 0.317 e. The molecule has 1 N–H and O–H groups in total. The van der Waals surface area contributed by atoms with E-state index in [0.717, 1.165) is 23.5 Å². The van der Waals surface area contributed by atoms with E-state index in [9.17, 15) is 4.79 Å². The van der Waals surface area contributed by atoms with E-state index in [-0.39, 0.29) is 6.03 Å². The van der Waals surface area contributed by atoms with Gasteiger partial charge >= 0.3 is 6.03 Å². The number of nitrogens with one attached hydrogen (secondary N) is 1. The van der Waals surface area contributed by atoms with Gasteiger partial charge in [-0.3, -0.25) is 0 Å². The van der Waals surface area contributed by atoms with Crippen LogP contribution < -0.4 is 5.32 Å². The van der Waals surface area contributed by atoms with E-state index in [0.29, 0.717) is 13.1 Å². The summed E-state index contributed by atoms with van der Waals surface area (Å²) in [5.74, 6) is 0. The highest BCUT2D eigenvalue weighted by Gasteiger charge is 2.21. The third-order valence-corrected chi connectivity index (χ3v) is 3.10. The Morgan fingerprint density at radius 1 is 1.80 bits per heavy atom. The maximum absolute atomic E-state index is 11.6. The van der Waals surface area contributed by atoms with Gasteiger partial charge in [0.2, 0.25) is 0 Å². The summed E-state index contributed by atoms with van der Waals surface area (Å²) in [4.78, 5) is 18.7. The number of carbonyl (C=O) groups is 1. The number of carbonyl (C=O) groups excluding carboxylic acids is 1. The molecule has 1 aromatic heterocycles. The highest BCUT2D eigenvalue weighted by molar-refractivity contribution is 7.09. The summed E-state index contributed by atoms with van der Waals surface area (Å²) in [6.45, 7) is 5.45. The summed E-state index contributed by atoms with van der Waals surface area (Å²) in [6, 6.07) is -0.0334. The van der Waals surface area contributed by atoms with Gasteiger partial charge in [0.25, 0.3) is 0 Å². The maximum atomic E-state index is 11.6. The van der Waals surface area contributed by atoms with Gasteiger partial charge in [0.05, 0.1) is 12.2 Å². The average Bonchev–Trinajstić information content (AvgIpc) is 2.72. The number of thiazole rings is 1. The van der Waals surface area contributed by atoms with E-state index in [1.165, 1.54) is 11.3 Å². The SMILES string of the molecule is C=CCNC(=O)N1CCc2n[c]sc2C1. The monoisotopic (exact) mass is 222 g/mol. The molecule has 2 rings (SSSR count). The molecule has 4 nitrogen and oxygen atoms in total. The predicted molar refractivity (Wildman–Crippen MR) is 58.7 cm³/mol. The van der Waals surface area contributed by atoms with Gasteiger partial charge in [-0.2, -0.15) is 0 Å². The molecule has 0 spiro atoms. The zero-order chi connectivity index (χ0) is 10.7. The van der Waals surface area contributed by atoms with E-state index < -0.39 is 0 Å². The van der Waals surface area contributed by atoms with E-state index in [2.05, 4.69) is 22.4 Å². The van der Waals surface area contributed by atoms with E-state index in [1.54, 1.807) is 11.0 Å². The number of urea groups is 1. The standard InChI is InChI=1S/C10H12N3OS/c1-2-4-11-10(14)13-5-3-8-9(6-13)15-7-12-8/h2H,1,3-6H2,(H,11,14). The minimum absolute atomic E-state index is 0.0334. The second-order valence-corrected chi connectivity index (χ2v) is 4.20. The Morgan fingerprint density at radius 2 is 2.67 bits per heavy atom. The van der Waals surface area contributed by atoms with Crippen LogP contribution in [0.4, 0.5) is 4.79 Å². The van der Waals surface area contributed by atoms with Crippen molar-refractivity contribution in [1.82, 2.24) is 15.2 Å². The molecule has 15 heavy (non-hydrogen) atoms. The largest absolute Gasteiger partial charge is 0.335 e. The second-order valence-electron chi connectivity index (χ2n) is 3.32. The van der Waals surface area contributed by atoms with Crippen molar-refractivity contribution in [3.8, 4) is 0 Å². The topological polar surface area (TPSA) is 45.2 Å². The summed E-state index contributed by atoms with van der Waals surface area (Å²) in [5, 5.41) is 2.77. The molecule has 1 aliphatic heterocycles. The molecule has 1 aliphatic rings. The first-order valence-corrected chi connectivity index (χ1v) is 5.61. The fourth-order valence-electron chi connectivity index (χ4n) is 1.51. The minimum atomic E-state index is -0.0334. The summed E-state index contributed by atoms with van der Waals surface area (Å²) in [6.07, 6.45) is 2.50. The molecule has 1 aromatic rings. The van der Waals surface area contributed by atoms with Gasteiger partial charge in [0.15, 0.2) is 5.51 Å². The minimum Gasteiger partial charge on any atom is -0.335 e. The normalized spacial score (nSPS) is 14.5. The van der Waals surface area contributed by atoms with E-state index in [4.69, 9.17) is 0 Å². The first-order chi connectivity index (χ1) is 7.31. The third-order valence-electron chi connectivity index (χ3n) is 2.31. The highest BCUT2D eigenvalue weighted by Crippen LogP contribution is 2.20. The molecular formula is C10H12N3OS. The van der Waals surface area contributed by atoms with Crippen LogP contribution in [0.25, 0.3) is 0 Å². The number of nitrogens with zero attached hydrogens (tertiary/aromatic N) is 2.